The third kappa shape index (κ3) is 6.46. The fraction of sp³-hybridized carbons (Fsp3) is 0.357. The van der Waals surface area contributed by atoms with Crippen LogP contribution in [0, 0.1) is 24.0 Å². The number of piperazine rings is 1. The number of hydrogen-bond donors (Lipinski definition) is 2. The average molecular weight is 773 g/mol. The van der Waals surface area contributed by atoms with Crippen LogP contribution >= 0.6 is 0 Å². The smallest absolute Gasteiger partial charge is 0.319 e. The van der Waals surface area contributed by atoms with E-state index < -0.39 is 35.0 Å². The first kappa shape index (κ1) is 37.5. The SMILES string of the molecule is C#Cc1c(F)ccc2cc(O)cc(-c3ncc4c(N5CC6CCC(C=C(F)F)(C5)N6)nc(OC[C@@]56CC[C@H](c7ccccc7)N5C[C@@H](F)C6)nc4c3F)c12.CF. The molecule has 0 aliphatic carbocycles. The van der Waals surface area contributed by atoms with Crippen LogP contribution in [0.15, 0.2) is 73.0 Å². The lowest BCUT2D eigenvalue weighted by atomic mass is 9.94. The largest absolute Gasteiger partial charge is 0.508 e. The highest BCUT2D eigenvalue weighted by atomic mass is 19.3. The first-order valence-corrected chi connectivity index (χ1v) is 18.4. The molecule has 0 amide bonds. The summed E-state index contributed by atoms with van der Waals surface area (Å²) in [6.45, 7) is 0.781. The van der Waals surface area contributed by atoms with Crippen molar-refractivity contribution < 1.29 is 36.2 Å². The first-order chi connectivity index (χ1) is 27.0. The zero-order chi connectivity index (χ0) is 39.4. The van der Waals surface area contributed by atoms with Crippen molar-refractivity contribution in [1.29, 1.82) is 0 Å². The van der Waals surface area contributed by atoms with E-state index in [9.17, 15) is 22.7 Å². The summed E-state index contributed by atoms with van der Waals surface area (Å²) in [4.78, 5) is 17.8. The predicted molar refractivity (Wildman–Crippen MR) is 201 cm³/mol. The third-order valence-corrected chi connectivity index (χ3v) is 11.6. The number of halogens is 6. The fourth-order valence-electron chi connectivity index (χ4n) is 9.41. The lowest BCUT2D eigenvalue weighted by molar-refractivity contribution is 0.0845. The van der Waals surface area contributed by atoms with Gasteiger partial charge in [-0.1, -0.05) is 42.3 Å². The molecule has 0 spiro atoms. The minimum Gasteiger partial charge on any atom is -0.508 e. The zero-order valence-electron chi connectivity index (χ0n) is 30.4. The van der Waals surface area contributed by atoms with Crippen LogP contribution in [0.5, 0.6) is 11.8 Å². The van der Waals surface area contributed by atoms with Gasteiger partial charge in [0.15, 0.2) is 5.82 Å². The van der Waals surface area contributed by atoms with Crippen LogP contribution < -0.4 is 15.0 Å². The molecule has 290 valence electrons. The number of aromatic hydroxyl groups is 1. The van der Waals surface area contributed by atoms with E-state index in [0.717, 1.165) is 18.1 Å². The van der Waals surface area contributed by atoms with Gasteiger partial charge in [-0.05, 0) is 54.8 Å². The van der Waals surface area contributed by atoms with Gasteiger partial charge in [0, 0.05) is 61.4 Å². The Morgan fingerprint density at radius 1 is 1.07 bits per heavy atom. The van der Waals surface area contributed by atoms with Crippen molar-refractivity contribution in [1.82, 2.24) is 25.2 Å². The second-order valence-corrected chi connectivity index (χ2v) is 15.0. The summed E-state index contributed by atoms with van der Waals surface area (Å²) in [5, 5.41) is 14.7. The van der Waals surface area contributed by atoms with Crippen LogP contribution in [-0.2, 0) is 0 Å². The molecule has 14 heteroatoms. The summed E-state index contributed by atoms with van der Waals surface area (Å²) in [6, 6.07) is 14.9. The van der Waals surface area contributed by atoms with E-state index in [4.69, 9.17) is 16.1 Å². The molecular weight excluding hydrogens is 734 g/mol. The second kappa shape index (κ2) is 14.6. The molecule has 0 radical (unpaired) electrons. The molecule has 2 bridgehead atoms. The summed E-state index contributed by atoms with van der Waals surface area (Å²) in [7, 11) is 0.500. The van der Waals surface area contributed by atoms with E-state index in [1.165, 1.54) is 30.5 Å². The van der Waals surface area contributed by atoms with Gasteiger partial charge in [-0.15, -0.1) is 6.42 Å². The molecule has 4 aliphatic heterocycles. The number of anilines is 1. The van der Waals surface area contributed by atoms with Gasteiger partial charge in [-0.2, -0.15) is 18.7 Å². The van der Waals surface area contributed by atoms with Crippen molar-refractivity contribution in [3.05, 3.63) is 95.7 Å². The molecule has 4 fully saturated rings. The number of hydrogen-bond acceptors (Lipinski definition) is 8. The summed E-state index contributed by atoms with van der Waals surface area (Å²) in [6.07, 6.45) is 7.97. The van der Waals surface area contributed by atoms with Crippen LogP contribution in [0.2, 0.25) is 0 Å². The molecule has 6 heterocycles. The first-order valence-electron chi connectivity index (χ1n) is 18.4. The number of alkyl halides is 2. The Morgan fingerprint density at radius 2 is 1.88 bits per heavy atom. The number of phenols is 1. The molecule has 2 aromatic heterocycles. The van der Waals surface area contributed by atoms with E-state index in [1.54, 1.807) is 0 Å². The number of terminal acetylenes is 1. The van der Waals surface area contributed by atoms with E-state index in [0.29, 0.717) is 38.4 Å². The number of pyridine rings is 1. The van der Waals surface area contributed by atoms with Gasteiger partial charge in [0.25, 0.3) is 6.08 Å². The molecule has 5 aromatic rings. The third-order valence-electron chi connectivity index (χ3n) is 11.6. The average Bonchev–Trinajstić information content (AvgIpc) is 3.81. The maximum atomic E-state index is 17.1. The number of rotatable bonds is 7. The number of benzene rings is 3. The van der Waals surface area contributed by atoms with Crippen LogP contribution in [0.4, 0.5) is 32.2 Å². The Labute approximate surface area is 319 Å². The predicted octanol–water partition coefficient (Wildman–Crippen LogP) is 8.18. The Kier molecular flexibility index (Phi) is 9.78. The highest BCUT2D eigenvalue weighted by Crippen LogP contribution is 2.50. The van der Waals surface area contributed by atoms with Gasteiger partial charge in [-0.3, -0.25) is 14.3 Å². The van der Waals surface area contributed by atoms with Gasteiger partial charge in [0.05, 0.1) is 29.2 Å². The van der Waals surface area contributed by atoms with Gasteiger partial charge in [-0.25, -0.2) is 13.2 Å². The normalized spacial score (nSPS) is 25.5. The highest BCUT2D eigenvalue weighted by Gasteiger charge is 2.54. The van der Waals surface area contributed by atoms with E-state index in [-0.39, 0.29) is 88.9 Å². The maximum Gasteiger partial charge on any atom is 0.319 e. The Balaban J connectivity index is 0.00000217. The molecule has 56 heavy (non-hydrogen) atoms. The Bertz CT molecular complexity index is 2390. The molecular formula is C42H38F6N6O2. The minimum atomic E-state index is -1.81. The molecule has 4 saturated heterocycles. The summed E-state index contributed by atoms with van der Waals surface area (Å²) in [5.74, 6) is 0.765. The van der Waals surface area contributed by atoms with Crippen molar-refractivity contribution in [2.24, 2.45) is 0 Å². The van der Waals surface area contributed by atoms with Crippen LogP contribution in [0.3, 0.4) is 0 Å². The number of nitrogens with zero attached hydrogens (tertiary/aromatic N) is 5. The minimum absolute atomic E-state index is 0.000953. The quantitative estimate of drug-likeness (QED) is 0.127. The lowest BCUT2D eigenvalue weighted by Gasteiger charge is -2.40. The fourth-order valence-corrected chi connectivity index (χ4v) is 9.41. The number of aromatic nitrogens is 3. The van der Waals surface area contributed by atoms with Crippen molar-refractivity contribution >= 4 is 27.5 Å². The molecule has 9 rings (SSSR count). The second-order valence-electron chi connectivity index (χ2n) is 15.0. The van der Waals surface area contributed by atoms with Crippen molar-refractivity contribution in [3.63, 3.8) is 0 Å². The van der Waals surface area contributed by atoms with Crippen LogP contribution in [0.1, 0.15) is 49.3 Å². The molecule has 5 atom stereocenters. The topological polar surface area (TPSA) is 86.6 Å². The Morgan fingerprint density at radius 3 is 2.64 bits per heavy atom. The number of phenolic OH excluding ortho intramolecular Hbond substituents is 1. The number of fused-ring (bicyclic) bond motifs is 5. The maximum absolute atomic E-state index is 17.1. The van der Waals surface area contributed by atoms with Crippen molar-refractivity contribution in [2.45, 2.75) is 61.4 Å². The molecule has 4 aliphatic rings. The summed E-state index contributed by atoms with van der Waals surface area (Å²) >= 11 is 0. The monoisotopic (exact) mass is 772 g/mol. The standard InChI is InChI=1S/C41H35F5N6O2.CH3F/c1-2-28-31(43)9-8-24-14-27(53)15-29(34(24)28)36-35(46)37-30(18-47-36)38(51-20-26-10-12-40(21-51,50-26)17-33(44)45)49-39(48-37)54-22-41-13-11-32(23-6-4-3-5-7-23)52(41)19-25(42)16-41;1-2/h1,3-9,14-15,17-18,25-26,32,50,53H,10-13,16,19-22H2;1H3/t25-,26?,32+,40?,41-;/m0./s1. The van der Waals surface area contributed by atoms with E-state index in [2.05, 4.69) is 26.1 Å². The van der Waals surface area contributed by atoms with Crippen LogP contribution in [0.25, 0.3) is 32.9 Å². The van der Waals surface area contributed by atoms with Gasteiger partial charge < -0.3 is 20.1 Å². The molecule has 0 saturated carbocycles. The zero-order valence-corrected chi connectivity index (χ0v) is 30.4. The van der Waals surface area contributed by atoms with E-state index >= 15 is 8.78 Å². The van der Waals surface area contributed by atoms with Crippen molar-refractivity contribution in [2.75, 3.05) is 38.3 Å². The molecule has 2 unspecified atom stereocenters. The van der Waals surface area contributed by atoms with Crippen LogP contribution in [-0.4, -0.2) is 81.7 Å². The number of nitrogens with one attached hydrogen (secondary N) is 1. The summed E-state index contributed by atoms with van der Waals surface area (Å²) < 4.78 is 90.6. The molecule has 2 N–H and O–H groups in total. The van der Waals surface area contributed by atoms with Gasteiger partial charge >= 0.3 is 6.01 Å². The molecule has 3 aromatic carbocycles. The van der Waals surface area contributed by atoms with Crippen molar-refractivity contribution in [3.8, 4) is 35.4 Å². The Hall–Kier alpha value is -5.39. The van der Waals surface area contributed by atoms with E-state index in [1.807, 2.05) is 35.2 Å². The lowest BCUT2D eigenvalue weighted by Crippen LogP contribution is -2.59. The highest BCUT2D eigenvalue weighted by molar-refractivity contribution is 6.03. The summed E-state index contributed by atoms with van der Waals surface area (Å²) in [5.41, 5.74) is -1.09. The number of ether oxygens (including phenoxy) is 1. The van der Waals surface area contributed by atoms with Gasteiger partial charge in [0.1, 0.15) is 41.4 Å². The van der Waals surface area contributed by atoms with Gasteiger partial charge in [0.2, 0.25) is 0 Å². The molecule has 8 nitrogen and oxygen atoms in total.